The molecular weight excluding hydrogens is 264 g/mol. The van der Waals surface area contributed by atoms with Crippen LogP contribution in [-0.2, 0) is 11.3 Å². The van der Waals surface area contributed by atoms with E-state index in [1.807, 2.05) is 10.8 Å². The zero-order valence-electron chi connectivity index (χ0n) is 13.4. The normalized spacial score (nSPS) is 24.0. The molecular formula is C16H28N4O. The van der Waals surface area contributed by atoms with Crippen molar-refractivity contribution in [1.82, 2.24) is 14.9 Å². The molecule has 0 bridgehead atoms. The molecule has 0 radical (unpaired) electrons. The Kier molecular flexibility index (Phi) is 5.04. The van der Waals surface area contributed by atoms with Crippen molar-refractivity contribution in [3.63, 3.8) is 0 Å². The van der Waals surface area contributed by atoms with Crippen LogP contribution < -0.4 is 11.1 Å². The summed E-state index contributed by atoms with van der Waals surface area (Å²) in [5, 5.41) is 3.26. The Balaban J connectivity index is 2.03. The second-order valence-corrected chi connectivity index (χ2v) is 7.22. The van der Waals surface area contributed by atoms with Crippen LogP contribution in [0.1, 0.15) is 40.0 Å². The Morgan fingerprint density at radius 3 is 2.81 bits per heavy atom. The van der Waals surface area contributed by atoms with Crippen LogP contribution in [-0.4, -0.2) is 28.0 Å². The molecule has 3 atom stereocenters. The topological polar surface area (TPSA) is 72.9 Å². The van der Waals surface area contributed by atoms with E-state index in [9.17, 15) is 4.79 Å². The highest BCUT2D eigenvalue weighted by Crippen LogP contribution is 2.32. The van der Waals surface area contributed by atoms with Crippen LogP contribution in [0.4, 0.5) is 0 Å². The fourth-order valence-electron chi connectivity index (χ4n) is 3.08. The Labute approximate surface area is 127 Å². The Bertz CT molecular complexity index is 449. The van der Waals surface area contributed by atoms with E-state index in [1.54, 1.807) is 12.5 Å². The molecule has 0 aliphatic heterocycles. The second-order valence-electron chi connectivity index (χ2n) is 7.22. The first kappa shape index (κ1) is 16.0. The van der Waals surface area contributed by atoms with Gasteiger partial charge in [-0.3, -0.25) is 4.79 Å². The Morgan fingerprint density at radius 1 is 1.48 bits per heavy atom. The Morgan fingerprint density at radius 2 is 2.24 bits per heavy atom. The van der Waals surface area contributed by atoms with E-state index in [1.165, 1.54) is 0 Å². The lowest BCUT2D eigenvalue weighted by molar-refractivity contribution is -0.127. The number of rotatable bonds is 5. The van der Waals surface area contributed by atoms with Crippen LogP contribution in [0.25, 0.3) is 0 Å². The quantitative estimate of drug-likeness (QED) is 0.869. The molecule has 0 aromatic carbocycles. The maximum Gasteiger partial charge on any atom is 0.223 e. The molecule has 1 saturated carbocycles. The third-order valence-electron chi connectivity index (χ3n) is 4.61. The number of aromatic nitrogens is 2. The Hall–Kier alpha value is -1.36. The average Bonchev–Trinajstić information content (AvgIpc) is 3.07. The predicted octanol–water partition coefficient (Wildman–Crippen LogP) is 1.79. The van der Waals surface area contributed by atoms with Crippen LogP contribution in [0.5, 0.6) is 0 Å². The van der Waals surface area contributed by atoms with E-state index < -0.39 is 0 Å². The minimum Gasteiger partial charge on any atom is -0.351 e. The van der Waals surface area contributed by atoms with Gasteiger partial charge in [0.05, 0.1) is 12.4 Å². The minimum atomic E-state index is -0.00323. The van der Waals surface area contributed by atoms with Crippen molar-refractivity contribution in [2.75, 3.05) is 6.54 Å². The number of amides is 1. The van der Waals surface area contributed by atoms with Gasteiger partial charge in [-0.2, -0.15) is 0 Å². The van der Waals surface area contributed by atoms with E-state index in [4.69, 9.17) is 5.73 Å². The summed E-state index contributed by atoms with van der Waals surface area (Å²) >= 11 is 0. The molecule has 118 valence electrons. The van der Waals surface area contributed by atoms with Gasteiger partial charge in [0.15, 0.2) is 0 Å². The molecule has 1 fully saturated rings. The average molecular weight is 292 g/mol. The van der Waals surface area contributed by atoms with Gasteiger partial charge in [0.2, 0.25) is 5.91 Å². The molecule has 21 heavy (non-hydrogen) atoms. The summed E-state index contributed by atoms with van der Waals surface area (Å²) in [7, 11) is 0. The van der Waals surface area contributed by atoms with Gasteiger partial charge in [-0.05, 0) is 30.7 Å². The first-order valence-corrected chi connectivity index (χ1v) is 7.88. The number of nitrogens with one attached hydrogen (secondary N) is 1. The lowest BCUT2D eigenvalue weighted by Gasteiger charge is -2.33. The lowest BCUT2D eigenvalue weighted by Crippen LogP contribution is -2.49. The summed E-state index contributed by atoms with van der Waals surface area (Å²) in [5.41, 5.74) is 5.79. The SMILES string of the molecule is CC(C)(C)C(Cn1ccnc1)NC(=O)C1CCCC1CN. The summed E-state index contributed by atoms with van der Waals surface area (Å²) in [6.07, 6.45) is 8.66. The molecule has 5 heteroatoms. The molecule has 1 amide bonds. The van der Waals surface area contributed by atoms with Crippen molar-refractivity contribution in [3.05, 3.63) is 18.7 Å². The zero-order valence-corrected chi connectivity index (χ0v) is 13.4. The molecule has 5 nitrogen and oxygen atoms in total. The summed E-state index contributed by atoms with van der Waals surface area (Å²) in [5.74, 6) is 0.601. The monoisotopic (exact) mass is 292 g/mol. The summed E-state index contributed by atoms with van der Waals surface area (Å²) < 4.78 is 2.02. The second kappa shape index (κ2) is 6.60. The van der Waals surface area contributed by atoms with Gasteiger partial charge in [-0.1, -0.05) is 27.2 Å². The molecule has 1 aliphatic carbocycles. The molecule has 3 N–H and O–H groups in total. The molecule has 1 aliphatic rings. The lowest BCUT2D eigenvalue weighted by atomic mass is 9.85. The van der Waals surface area contributed by atoms with Gasteiger partial charge in [0.1, 0.15) is 0 Å². The van der Waals surface area contributed by atoms with Crippen molar-refractivity contribution in [2.45, 2.75) is 52.6 Å². The summed E-state index contributed by atoms with van der Waals surface area (Å²) in [6, 6.07) is 0.0817. The van der Waals surface area contributed by atoms with E-state index in [2.05, 4.69) is 31.1 Å². The molecule has 0 saturated heterocycles. The number of carbonyl (C=O) groups excluding carboxylic acids is 1. The van der Waals surface area contributed by atoms with E-state index >= 15 is 0 Å². The van der Waals surface area contributed by atoms with Gasteiger partial charge in [-0.25, -0.2) is 4.98 Å². The highest BCUT2D eigenvalue weighted by Gasteiger charge is 2.35. The molecule has 2 rings (SSSR count). The molecule has 0 spiro atoms. The number of nitrogens with zero attached hydrogens (tertiary/aromatic N) is 2. The highest BCUT2D eigenvalue weighted by molar-refractivity contribution is 5.79. The smallest absolute Gasteiger partial charge is 0.223 e. The van der Waals surface area contributed by atoms with Crippen molar-refractivity contribution in [3.8, 4) is 0 Å². The number of nitrogens with two attached hydrogens (primary N) is 1. The summed E-state index contributed by atoms with van der Waals surface area (Å²) in [4.78, 5) is 16.7. The molecule has 1 heterocycles. The van der Waals surface area contributed by atoms with Crippen LogP contribution in [0, 0.1) is 17.3 Å². The predicted molar refractivity (Wildman–Crippen MR) is 83.5 cm³/mol. The minimum absolute atomic E-state index is 0.00323. The van der Waals surface area contributed by atoms with Crippen LogP contribution in [0.2, 0.25) is 0 Å². The standard InChI is InChI=1S/C16H28N4O/c1-16(2,3)14(10-20-8-7-18-11-20)19-15(21)13-6-4-5-12(13)9-17/h7-8,11-14H,4-6,9-10,17H2,1-3H3,(H,19,21). The zero-order chi connectivity index (χ0) is 15.5. The fourth-order valence-corrected chi connectivity index (χ4v) is 3.08. The first-order valence-electron chi connectivity index (χ1n) is 7.88. The number of imidazole rings is 1. The van der Waals surface area contributed by atoms with Gasteiger partial charge < -0.3 is 15.6 Å². The van der Waals surface area contributed by atoms with Crippen LogP contribution in [0.15, 0.2) is 18.7 Å². The third kappa shape index (κ3) is 4.06. The van der Waals surface area contributed by atoms with E-state index in [-0.39, 0.29) is 23.3 Å². The summed E-state index contributed by atoms with van der Waals surface area (Å²) in [6.45, 7) is 7.83. The van der Waals surface area contributed by atoms with Crippen molar-refractivity contribution in [2.24, 2.45) is 23.0 Å². The van der Waals surface area contributed by atoms with E-state index in [0.717, 1.165) is 25.8 Å². The maximum absolute atomic E-state index is 12.6. The largest absolute Gasteiger partial charge is 0.351 e. The van der Waals surface area contributed by atoms with Gasteiger partial charge in [0.25, 0.3) is 0 Å². The number of hydrogen-bond acceptors (Lipinski definition) is 3. The van der Waals surface area contributed by atoms with E-state index in [0.29, 0.717) is 12.5 Å². The van der Waals surface area contributed by atoms with Crippen molar-refractivity contribution < 1.29 is 4.79 Å². The molecule has 1 aromatic rings. The van der Waals surface area contributed by atoms with Crippen LogP contribution in [0.3, 0.4) is 0 Å². The van der Waals surface area contributed by atoms with Gasteiger partial charge in [0, 0.05) is 24.9 Å². The van der Waals surface area contributed by atoms with Crippen LogP contribution >= 0.6 is 0 Å². The number of hydrogen-bond donors (Lipinski definition) is 2. The number of carbonyl (C=O) groups is 1. The van der Waals surface area contributed by atoms with Gasteiger partial charge in [-0.15, -0.1) is 0 Å². The van der Waals surface area contributed by atoms with Crippen molar-refractivity contribution >= 4 is 5.91 Å². The molecule has 1 aromatic heterocycles. The first-order chi connectivity index (χ1) is 9.91. The van der Waals surface area contributed by atoms with Crippen molar-refractivity contribution in [1.29, 1.82) is 0 Å². The van der Waals surface area contributed by atoms with Gasteiger partial charge >= 0.3 is 0 Å². The fraction of sp³-hybridized carbons (Fsp3) is 0.750. The highest BCUT2D eigenvalue weighted by atomic mass is 16.2. The molecule has 3 unspecified atom stereocenters. The maximum atomic E-state index is 12.6. The third-order valence-corrected chi connectivity index (χ3v) is 4.61.